The first-order chi connectivity index (χ1) is 26.8. The minimum atomic E-state index is -1.83. The SMILES string of the molecule is C.CC1(C)Cc2cc(Br)sc2-c2sc(Br)cc21.Cc1ccc(-c2cc[c]([Sn]([CH3])([CH3])[CH3])s2)s1.Cc1ccc(-c2ccc(-c3cc4c(s3)-c3sc(C)cc3CC4(C)C)s2)s1. The van der Waals surface area contributed by atoms with Crippen LogP contribution < -0.4 is 2.89 Å². The zero-order chi connectivity index (χ0) is 40.6. The molecule has 58 heavy (non-hydrogen) atoms. The number of thiophene rings is 8. The van der Waals surface area contributed by atoms with Crippen molar-refractivity contribution in [2.75, 3.05) is 0 Å². The normalized spacial score (nSPS) is 14.6. The molecule has 0 bridgehead atoms. The van der Waals surface area contributed by atoms with Crippen molar-refractivity contribution in [1.82, 2.24) is 0 Å². The van der Waals surface area contributed by atoms with Gasteiger partial charge in [0.05, 0.1) is 7.57 Å². The summed E-state index contributed by atoms with van der Waals surface area (Å²) >= 11 is 20.8. The third-order valence-corrected chi connectivity index (χ3v) is 30.6. The van der Waals surface area contributed by atoms with Gasteiger partial charge in [-0.15, -0.1) is 68.0 Å². The average Bonchev–Trinajstić information content (AvgIpc) is 3.94. The Balaban J connectivity index is 0.000000139. The molecule has 2 aliphatic carbocycles. The average molecular weight is 1150 g/mol. The smallest absolute Gasteiger partial charge is 0.0489 e. The number of hydrogen-bond acceptors (Lipinski definition) is 8. The first-order valence-corrected chi connectivity index (χ1v) is 37.1. The van der Waals surface area contributed by atoms with E-state index < -0.39 is 18.4 Å². The number of halogens is 2. The fourth-order valence-electron chi connectivity index (χ4n) is 7.58. The molecule has 0 spiro atoms. The van der Waals surface area contributed by atoms with Crippen molar-refractivity contribution in [3.63, 3.8) is 0 Å². The van der Waals surface area contributed by atoms with E-state index in [0.717, 1.165) is 12.8 Å². The third kappa shape index (κ3) is 9.48. The van der Waals surface area contributed by atoms with Crippen LogP contribution in [0.5, 0.6) is 0 Å². The number of rotatable bonds is 4. The summed E-state index contributed by atoms with van der Waals surface area (Å²) in [7, 11) is 0. The fourth-order valence-corrected chi connectivity index (χ4v) is 23.1. The number of fused-ring (bicyclic) bond motifs is 6. The largest absolute Gasteiger partial charge is 0.140 e. The topological polar surface area (TPSA) is 0 Å². The van der Waals surface area contributed by atoms with Gasteiger partial charge in [-0.2, -0.15) is 0 Å². The van der Waals surface area contributed by atoms with Gasteiger partial charge in [0.15, 0.2) is 0 Å². The van der Waals surface area contributed by atoms with Crippen LogP contribution in [0.15, 0.2) is 80.4 Å². The van der Waals surface area contributed by atoms with Crippen molar-refractivity contribution in [2.45, 2.75) is 94.4 Å². The number of hydrogen-bond donors (Lipinski definition) is 0. The van der Waals surface area contributed by atoms with Gasteiger partial charge in [-0.3, -0.25) is 0 Å². The molecule has 8 aromatic rings. The molecule has 0 aromatic carbocycles. The Kier molecular flexibility index (Phi) is 13.7. The van der Waals surface area contributed by atoms with Gasteiger partial charge in [-0.25, -0.2) is 0 Å². The van der Waals surface area contributed by atoms with Crippen LogP contribution in [0.25, 0.3) is 48.8 Å². The summed E-state index contributed by atoms with van der Waals surface area (Å²) in [5, 5.41) is 0. The Morgan fingerprint density at radius 3 is 1.47 bits per heavy atom. The van der Waals surface area contributed by atoms with Gasteiger partial charge in [0.25, 0.3) is 0 Å². The first kappa shape index (κ1) is 45.4. The van der Waals surface area contributed by atoms with Crippen LogP contribution in [0.4, 0.5) is 0 Å². The van der Waals surface area contributed by atoms with E-state index in [1.54, 1.807) is 8.46 Å². The Hall–Kier alpha value is -0.641. The van der Waals surface area contributed by atoms with E-state index in [1.165, 1.54) is 87.7 Å². The predicted molar refractivity (Wildman–Crippen MR) is 282 cm³/mol. The molecule has 304 valence electrons. The van der Waals surface area contributed by atoms with Crippen molar-refractivity contribution in [1.29, 1.82) is 0 Å². The monoisotopic (exact) mass is 1150 g/mol. The zero-order valence-electron chi connectivity index (χ0n) is 33.9. The summed E-state index contributed by atoms with van der Waals surface area (Å²) in [5.41, 5.74) is 6.53. The van der Waals surface area contributed by atoms with Crippen molar-refractivity contribution < 1.29 is 0 Å². The Bertz CT molecular complexity index is 2700. The summed E-state index contributed by atoms with van der Waals surface area (Å²) in [5.74, 6) is 0. The molecule has 0 fully saturated rings. The summed E-state index contributed by atoms with van der Waals surface area (Å²) in [4.78, 5) is 26.0. The van der Waals surface area contributed by atoms with E-state index >= 15 is 0 Å². The predicted octanol–water partition coefficient (Wildman–Crippen LogP) is 19.2. The van der Waals surface area contributed by atoms with Crippen molar-refractivity contribution in [3.05, 3.63) is 117 Å². The van der Waals surface area contributed by atoms with E-state index in [-0.39, 0.29) is 18.3 Å². The summed E-state index contributed by atoms with van der Waals surface area (Å²) in [6.07, 6.45) is 2.29. The molecular formula is C47H50Br2S8Sn. The minimum absolute atomic E-state index is 0. The summed E-state index contributed by atoms with van der Waals surface area (Å²) in [6, 6.07) is 27.6. The standard InChI is InChI=1S/C22H20S4.C12H10Br2S2.C9H7S2.CH4.3CH3.Sn/c1-12-5-6-16(23-12)17-7-8-18(25-17)19-10-15-21(26-19)20-14(9-13(2)24-20)11-22(15,3)4;1-12(2)5-6-3-8(13)15-10(6)11-7(12)4-9(14)16-11;1-7-4-5-9(11-7)8-3-2-6-10-8;;;;;/h5-10H,11H2,1-4H3;3-4H,5H2,1-2H3;2-5H,1H3;1H4;3*1H3;. The van der Waals surface area contributed by atoms with E-state index in [2.05, 4.69) is 168 Å². The van der Waals surface area contributed by atoms with Gasteiger partial charge in [0.2, 0.25) is 0 Å². The van der Waals surface area contributed by atoms with Crippen LogP contribution in [0, 0.1) is 20.8 Å². The molecule has 0 saturated heterocycles. The van der Waals surface area contributed by atoms with Crippen LogP contribution in [-0.4, -0.2) is 18.4 Å². The maximum absolute atomic E-state index is 3.61. The van der Waals surface area contributed by atoms with E-state index in [1.807, 2.05) is 90.7 Å². The second-order valence-electron chi connectivity index (χ2n) is 17.3. The molecule has 0 atom stereocenters. The fraction of sp³-hybridized carbons (Fsp3) is 0.319. The molecule has 11 heteroatoms. The molecule has 10 rings (SSSR count). The Morgan fingerprint density at radius 2 is 0.897 bits per heavy atom. The van der Waals surface area contributed by atoms with Crippen LogP contribution in [0.1, 0.15) is 72.0 Å². The molecule has 8 heterocycles. The molecule has 0 N–H and O–H groups in total. The maximum atomic E-state index is 3.61. The van der Waals surface area contributed by atoms with Gasteiger partial charge >= 0.3 is 105 Å². The molecule has 0 amide bonds. The second-order valence-corrected chi connectivity index (χ2v) is 44.6. The summed E-state index contributed by atoms with van der Waals surface area (Å²) < 4.78 is 4.15. The molecule has 8 aromatic heterocycles. The molecule has 2 aliphatic rings. The quantitative estimate of drug-likeness (QED) is 0.154. The minimum Gasteiger partial charge on any atom is -0.140 e. The van der Waals surface area contributed by atoms with Gasteiger partial charge in [-0.05, 0) is 140 Å². The van der Waals surface area contributed by atoms with Crippen molar-refractivity contribution >= 4 is 144 Å². The number of aryl methyl sites for hydroxylation is 3. The first-order valence-electron chi connectivity index (χ1n) is 19.0. The van der Waals surface area contributed by atoms with Crippen molar-refractivity contribution in [2.24, 2.45) is 0 Å². The summed E-state index contributed by atoms with van der Waals surface area (Å²) in [6.45, 7) is 16.0. The zero-order valence-corrected chi connectivity index (χ0v) is 46.4. The van der Waals surface area contributed by atoms with Crippen LogP contribution >= 0.6 is 123 Å². The molecule has 0 unspecified atom stereocenters. The van der Waals surface area contributed by atoms with E-state index in [9.17, 15) is 0 Å². The van der Waals surface area contributed by atoms with Gasteiger partial charge in [-0.1, -0.05) is 35.1 Å². The second kappa shape index (κ2) is 17.5. The van der Waals surface area contributed by atoms with Gasteiger partial charge < -0.3 is 0 Å². The van der Waals surface area contributed by atoms with Gasteiger partial charge in [0.1, 0.15) is 0 Å². The van der Waals surface area contributed by atoms with Crippen LogP contribution in [0.3, 0.4) is 0 Å². The van der Waals surface area contributed by atoms with Crippen LogP contribution in [0.2, 0.25) is 14.8 Å². The molecule has 0 radical (unpaired) electrons. The molecule has 0 nitrogen and oxygen atoms in total. The maximum Gasteiger partial charge on any atom is 0.0489 e. The van der Waals surface area contributed by atoms with E-state index in [0.29, 0.717) is 0 Å². The Labute approximate surface area is 399 Å². The van der Waals surface area contributed by atoms with E-state index in [4.69, 9.17) is 0 Å². The molecule has 0 saturated carbocycles. The van der Waals surface area contributed by atoms with Crippen molar-refractivity contribution in [3.8, 4) is 48.8 Å². The molecule has 0 aliphatic heterocycles. The van der Waals surface area contributed by atoms with Crippen LogP contribution in [-0.2, 0) is 23.7 Å². The molecular weight excluding hydrogens is 1100 g/mol. The Morgan fingerprint density at radius 1 is 0.448 bits per heavy atom. The third-order valence-electron chi connectivity index (χ3n) is 10.4. The van der Waals surface area contributed by atoms with Gasteiger partial charge in [0, 0.05) is 48.8 Å².